The van der Waals surface area contributed by atoms with Crippen LogP contribution in [0.25, 0.3) is 0 Å². The van der Waals surface area contributed by atoms with Crippen molar-refractivity contribution in [1.29, 1.82) is 0 Å². The molecule has 0 aliphatic rings. The minimum absolute atomic E-state index is 0.575. The molecule has 0 aliphatic carbocycles. The zero-order valence-electron chi connectivity index (χ0n) is 9.96. The monoisotopic (exact) mass is 191 g/mol. The van der Waals surface area contributed by atoms with Crippen molar-refractivity contribution in [2.24, 2.45) is 0 Å². The van der Waals surface area contributed by atoms with Gasteiger partial charge in [0.25, 0.3) is 0 Å². The van der Waals surface area contributed by atoms with Gasteiger partial charge in [-0.1, -0.05) is 34.6 Å². The number of pyridine rings is 1. The fourth-order valence-electron chi connectivity index (χ4n) is 1.98. The zero-order valence-corrected chi connectivity index (χ0v) is 9.96. The molecule has 0 radical (unpaired) electrons. The minimum Gasteiger partial charge on any atom is -0.264 e. The van der Waals surface area contributed by atoms with Crippen LogP contribution >= 0.6 is 0 Å². The molecule has 1 rings (SSSR count). The van der Waals surface area contributed by atoms with E-state index in [0.29, 0.717) is 11.8 Å². The highest BCUT2D eigenvalue weighted by Gasteiger charge is 2.13. The number of aryl methyl sites for hydroxylation is 1. The molecule has 0 amide bonds. The largest absolute Gasteiger partial charge is 0.264 e. The normalized spacial score (nSPS) is 11.4. The molecule has 0 spiro atoms. The van der Waals surface area contributed by atoms with E-state index in [1.807, 2.05) is 12.4 Å². The molecule has 0 unspecified atom stereocenters. The van der Waals surface area contributed by atoms with Gasteiger partial charge in [-0.05, 0) is 34.9 Å². The number of rotatable bonds is 3. The van der Waals surface area contributed by atoms with Crippen molar-refractivity contribution in [3.63, 3.8) is 0 Å². The molecule has 0 aromatic carbocycles. The van der Waals surface area contributed by atoms with Gasteiger partial charge in [-0.15, -0.1) is 0 Å². The van der Waals surface area contributed by atoms with Crippen molar-refractivity contribution in [2.45, 2.75) is 52.9 Å². The van der Waals surface area contributed by atoms with Crippen LogP contribution in [-0.2, 0) is 6.42 Å². The molecule has 0 fully saturated rings. The fraction of sp³-hybridized carbons (Fsp3) is 0.615. The fourth-order valence-corrected chi connectivity index (χ4v) is 1.98. The third kappa shape index (κ3) is 2.14. The topological polar surface area (TPSA) is 12.9 Å². The van der Waals surface area contributed by atoms with Crippen molar-refractivity contribution in [2.75, 3.05) is 0 Å². The lowest BCUT2D eigenvalue weighted by atomic mass is 9.88. The van der Waals surface area contributed by atoms with Crippen LogP contribution in [0.1, 0.15) is 63.1 Å². The molecule has 0 bridgehead atoms. The molecule has 0 saturated heterocycles. The van der Waals surface area contributed by atoms with Crippen LogP contribution in [0.4, 0.5) is 0 Å². The minimum atomic E-state index is 0.575. The van der Waals surface area contributed by atoms with Crippen LogP contribution in [0.3, 0.4) is 0 Å². The predicted molar refractivity (Wildman–Crippen MR) is 61.8 cm³/mol. The second-order valence-electron chi connectivity index (χ2n) is 4.46. The summed E-state index contributed by atoms with van der Waals surface area (Å²) in [5.41, 5.74) is 4.34. The van der Waals surface area contributed by atoms with Crippen LogP contribution in [0.2, 0.25) is 0 Å². The Morgan fingerprint density at radius 1 is 1.07 bits per heavy atom. The summed E-state index contributed by atoms with van der Waals surface area (Å²) in [6, 6.07) is 0. The predicted octanol–water partition coefficient (Wildman–Crippen LogP) is 3.89. The van der Waals surface area contributed by atoms with E-state index in [1.54, 1.807) is 0 Å². The van der Waals surface area contributed by atoms with Crippen LogP contribution in [-0.4, -0.2) is 4.98 Å². The van der Waals surface area contributed by atoms with E-state index in [-0.39, 0.29) is 0 Å². The molecule has 0 aliphatic heterocycles. The third-order valence-electron chi connectivity index (χ3n) is 2.68. The van der Waals surface area contributed by atoms with E-state index in [2.05, 4.69) is 39.6 Å². The third-order valence-corrected chi connectivity index (χ3v) is 2.68. The van der Waals surface area contributed by atoms with Crippen LogP contribution in [0.15, 0.2) is 12.4 Å². The molecule has 0 atom stereocenters. The van der Waals surface area contributed by atoms with Gasteiger partial charge in [0.05, 0.1) is 0 Å². The van der Waals surface area contributed by atoms with E-state index in [0.717, 1.165) is 6.42 Å². The molecular formula is C13H21N. The molecule has 1 aromatic heterocycles. The summed E-state index contributed by atoms with van der Waals surface area (Å²) in [5, 5.41) is 0. The van der Waals surface area contributed by atoms with Crippen LogP contribution < -0.4 is 0 Å². The first-order valence-corrected chi connectivity index (χ1v) is 5.54. The molecule has 1 heteroatoms. The summed E-state index contributed by atoms with van der Waals surface area (Å²) < 4.78 is 0. The van der Waals surface area contributed by atoms with Gasteiger partial charge in [0.2, 0.25) is 0 Å². The average molecular weight is 191 g/mol. The van der Waals surface area contributed by atoms with Gasteiger partial charge >= 0.3 is 0 Å². The van der Waals surface area contributed by atoms with Crippen molar-refractivity contribution in [1.82, 2.24) is 4.98 Å². The number of hydrogen-bond donors (Lipinski definition) is 0. The maximum Gasteiger partial charge on any atom is 0.0305 e. The van der Waals surface area contributed by atoms with Crippen molar-refractivity contribution in [3.05, 3.63) is 29.1 Å². The van der Waals surface area contributed by atoms with Crippen LogP contribution in [0.5, 0.6) is 0 Å². The van der Waals surface area contributed by atoms with E-state index in [9.17, 15) is 0 Å². The van der Waals surface area contributed by atoms with Crippen molar-refractivity contribution < 1.29 is 0 Å². The van der Waals surface area contributed by atoms with Gasteiger partial charge in [0, 0.05) is 12.4 Å². The summed E-state index contributed by atoms with van der Waals surface area (Å²) >= 11 is 0. The summed E-state index contributed by atoms with van der Waals surface area (Å²) in [6.07, 6.45) is 5.13. The highest BCUT2D eigenvalue weighted by atomic mass is 14.6. The summed E-state index contributed by atoms with van der Waals surface area (Å²) in [5.74, 6) is 1.18. The summed E-state index contributed by atoms with van der Waals surface area (Å²) in [7, 11) is 0. The molecule has 14 heavy (non-hydrogen) atoms. The summed E-state index contributed by atoms with van der Waals surface area (Å²) in [6.45, 7) is 11.2. The zero-order chi connectivity index (χ0) is 10.7. The van der Waals surface area contributed by atoms with Gasteiger partial charge in [0.1, 0.15) is 0 Å². The molecule has 1 aromatic rings. The van der Waals surface area contributed by atoms with Gasteiger partial charge in [-0.2, -0.15) is 0 Å². The first kappa shape index (κ1) is 11.2. The Kier molecular flexibility index (Phi) is 3.68. The smallest absolute Gasteiger partial charge is 0.0305 e. The molecule has 78 valence electrons. The second kappa shape index (κ2) is 4.59. The van der Waals surface area contributed by atoms with Gasteiger partial charge in [-0.25, -0.2) is 0 Å². The van der Waals surface area contributed by atoms with E-state index in [1.165, 1.54) is 16.7 Å². The Bertz CT molecular complexity index is 300. The SMILES string of the molecule is CCc1cncc(C(C)C)c1C(C)C. The quantitative estimate of drug-likeness (QED) is 0.706. The average Bonchev–Trinajstić information content (AvgIpc) is 2.16. The van der Waals surface area contributed by atoms with E-state index < -0.39 is 0 Å². The van der Waals surface area contributed by atoms with E-state index >= 15 is 0 Å². The highest BCUT2D eigenvalue weighted by molar-refractivity contribution is 5.36. The second-order valence-corrected chi connectivity index (χ2v) is 4.46. The highest BCUT2D eigenvalue weighted by Crippen LogP contribution is 2.28. The maximum absolute atomic E-state index is 4.32. The first-order valence-electron chi connectivity index (χ1n) is 5.54. The lowest BCUT2D eigenvalue weighted by molar-refractivity contribution is 0.767. The summed E-state index contributed by atoms with van der Waals surface area (Å²) in [4.78, 5) is 4.32. The Hall–Kier alpha value is -0.850. The standard InChI is InChI=1S/C13H21N/c1-6-11-7-14-8-12(9(2)3)13(11)10(4)5/h7-10H,6H2,1-5H3. The Morgan fingerprint density at radius 2 is 1.71 bits per heavy atom. The van der Waals surface area contributed by atoms with Crippen LogP contribution in [0, 0.1) is 0 Å². The molecule has 1 nitrogen and oxygen atoms in total. The number of aromatic nitrogens is 1. The number of nitrogens with zero attached hydrogens (tertiary/aromatic N) is 1. The van der Waals surface area contributed by atoms with Gasteiger partial charge in [0.15, 0.2) is 0 Å². The maximum atomic E-state index is 4.32. The van der Waals surface area contributed by atoms with E-state index in [4.69, 9.17) is 0 Å². The Labute approximate surface area is 87.6 Å². The number of hydrogen-bond acceptors (Lipinski definition) is 1. The molecule has 0 saturated carbocycles. The van der Waals surface area contributed by atoms with Crippen molar-refractivity contribution in [3.8, 4) is 0 Å². The lowest BCUT2D eigenvalue weighted by Gasteiger charge is -2.18. The van der Waals surface area contributed by atoms with Crippen molar-refractivity contribution >= 4 is 0 Å². The first-order chi connectivity index (χ1) is 6.57. The van der Waals surface area contributed by atoms with Gasteiger partial charge < -0.3 is 0 Å². The Balaban J connectivity index is 3.28. The lowest BCUT2D eigenvalue weighted by Crippen LogP contribution is -2.04. The van der Waals surface area contributed by atoms with Gasteiger partial charge in [-0.3, -0.25) is 4.98 Å². The molecule has 0 N–H and O–H groups in total. The Morgan fingerprint density at radius 3 is 2.14 bits per heavy atom. The molecule has 1 heterocycles. The molecular weight excluding hydrogens is 170 g/mol.